The molecule has 2 heterocycles. The van der Waals surface area contributed by atoms with Gasteiger partial charge in [-0.25, -0.2) is 25.9 Å². The molecule has 2 saturated heterocycles. The van der Waals surface area contributed by atoms with Gasteiger partial charge in [-0.1, -0.05) is 47.5 Å². The van der Waals surface area contributed by atoms with Crippen molar-refractivity contribution < 1.29 is 36.0 Å². The number of nitrogens with one attached hydrogen (secondary N) is 2. The quantitative estimate of drug-likeness (QED) is 0.288. The summed E-state index contributed by atoms with van der Waals surface area (Å²) in [7, 11) is -7.04. The Morgan fingerprint density at radius 3 is 2.04 bits per heavy atom. The average molecular weight is 697 g/mol. The smallest absolute Gasteiger partial charge is 0.328 e. The van der Waals surface area contributed by atoms with Gasteiger partial charge < -0.3 is 15.4 Å². The molecular formula is C34H40N4O8S2. The summed E-state index contributed by atoms with van der Waals surface area (Å²) in [5, 5.41) is 5.75. The summed E-state index contributed by atoms with van der Waals surface area (Å²) in [6.07, 6.45) is 1.98. The molecular weight excluding hydrogens is 657 g/mol. The largest absolute Gasteiger partial charge is 0.467 e. The fourth-order valence-corrected chi connectivity index (χ4v) is 9.09. The highest BCUT2D eigenvalue weighted by Gasteiger charge is 2.41. The van der Waals surface area contributed by atoms with Crippen LogP contribution in [0.15, 0.2) is 82.6 Å². The molecule has 3 aromatic carbocycles. The molecule has 0 unspecified atom stereocenters. The van der Waals surface area contributed by atoms with E-state index in [1.807, 2.05) is 13.8 Å². The number of aryl methyl sites for hydroxylation is 2. The van der Waals surface area contributed by atoms with Gasteiger partial charge in [0.2, 0.25) is 15.9 Å². The maximum absolute atomic E-state index is 13.8. The molecule has 2 N–H and O–H groups in total. The zero-order valence-electron chi connectivity index (χ0n) is 27.1. The molecule has 0 bridgehead atoms. The first-order valence-electron chi connectivity index (χ1n) is 15.8. The number of methoxy groups -OCH3 is 1. The number of anilines is 1. The van der Waals surface area contributed by atoms with Crippen molar-refractivity contribution in [3.05, 3.63) is 89.5 Å². The summed E-state index contributed by atoms with van der Waals surface area (Å²) in [4.78, 5) is 39.9. The molecule has 0 spiro atoms. The summed E-state index contributed by atoms with van der Waals surface area (Å²) in [6, 6.07) is 15.9. The van der Waals surface area contributed by atoms with E-state index in [0.29, 0.717) is 24.9 Å². The van der Waals surface area contributed by atoms with Gasteiger partial charge in [-0.2, -0.15) is 4.31 Å². The third kappa shape index (κ3) is 7.46. The van der Waals surface area contributed by atoms with E-state index in [0.717, 1.165) is 26.2 Å². The summed E-state index contributed by atoms with van der Waals surface area (Å²) in [5.41, 5.74) is 2.44. The topological polar surface area (TPSA) is 159 Å². The number of rotatable bonds is 11. The Kier molecular flexibility index (Phi) is 10.7. The van der Waals surface area contributed by atoms with Gasteiger partial charge in [-0.15, -0.1) is 0 Å². The molecule has 3 aromatic rings. The van der Waals surface area contributed by atoms with Gasteiger partial charge in [-0.3, -0.25) is 9.59 Å². The second kappa shape index (κ2) is 14.6. The zero-order valence-corrected chi connectivity index (χ0v) is 28.7. The molecule has 2 fully saturated rings. The fraction of sp³-hybridized carbons (Fsp3) is 0.382. The summed E-state index contributed by atoms with van der Waals surface area (Å²) in [5.74, 6) is -1.95. The van der Waals surface area contributed by atoms with Crippen LogP contribution < -0.4 is 14.9 Å². The van der Waals surface area contributed by atoms with Crippen LogP contribution in [0.1, 0.15) is 42.4 Å². The van der Waals surface area contributed by atoms with Crippen LogP contribution in [0.3, 0.4) is 0 Å². The van der Waals surface area contributed by atoms with Crippen molar-refractivity contribution in [3.63, 3.8) is 0 Å². The van der Waals surface area contributed by atoms with E-state index < -0.39 is 56.0 Å². The highest BCUT2D eigenvalue weighted by atomic mass is 32.2. The predicted molar refractivity (Wildman–Crippen MR) is 179 cm³/mol. The van der Waals surface area contributed by atoms with Crippen molar-refractivity contribution in [3.8, 4) is 0 Å². The fourth-order valence-electron chi connectivity index (χ4n) is 5.98. The number of carbonyl (C=O) groups excluding carboxylic acids is 3. The van der Waals surface area contributed by atoms with Gasteiger partial charge in [0.05, 0.1) is 28.6 Å². The molecule has 0 radical (unpaired) electrons. The third-order valence-corrected chi connectivity index (χ3v) is 12.3. The highest BCUT2D eigenvalue weighted by molar-refractivity contribution is 7.93. The lowest BCUT2D eigenvalue weighted by Crippen LogP contribution is -2.51. The number of ether oxygens (including phenoxy) is 1. The van der Waals surface area contributed by atoms with Crippen LogP contribution in [0.25, 0.3) is 0 Å². The minimum absolute atomic E-state index is 0.0256. The number of hydrogen-bond acceptors (Lipinski definition) is 9. The van der Waals surface area contributed by atoms with Crippen molar-refractivity contribution in [2.75, 3.05) is 24.5 Å². The Labute approximate surface area is 281 Å². The van der Waals surface area contributed by atoms with E-state index in [4.69, 9.17) is 4.74 Å². The lowest BCUT2D eigenvalue weighted by atomic mass is 10.0. The standard InChI is InChI=1S/C34H40N4O8S2/c1-23-8-16-27(17-9-23)47(42,43)37-21-5-7-31(37)32(39)36-30(34(41)46-3)22-25-12-14-26(15-13-25)38(33(40)29-6-4-20-35-29)48(44,45)28-18-10-24(2)11-19-28/h8-19,29-31,35H,4-7,20-22H2,1-3H3,(H,36,39)/t29-,30-,31-/m0/s1. The molecule has 0 saturated carbocycles. The van der Waals surface area contributed by atoms with E-state index in [1.165, 1.54) is 43.5 Å². The second-order valence-electron chi connectivity index (χ2n) is 12.1. The predicted octanol–water partition coefficient (Wildman–Crippen LogP) is 2.83. The van der Waals surface area contributed by atoms with Crippen LogP contribution in [-0.2, 0) is 45.6 Å². The lowest BCUT2D eigenvalue weighted by molar-refractivity contribution is -0.145. The monoisotopic (exact) mass is 696 g/mol. The third-order valence-electron chi connectivity index (χ3n) is 8.66. The molecule has 256 valence electrons. The Hall–Kier alpha value is -4.11. The van der Waals surface area contributed by atoms with Gasteiger partial charge in [0.15, 0.2) is 0 Å². The van der Waals surface area contributed by atoms with Crippen molar-refractivity contribution >= 4 is 43.5 Å². The van der Waals surface area contributed by atoms with Crippen LogP contribution in [0.4, 0.5) is 5.69 Å². The van der Waals surface area contributed by atoms with Crippen molar-refractivity contribution in [1.29, 1.82) is 0 Å². The van der Waals surface area contributed by atoms with Gasteiger partial charge in [0, 0.05) is 13.0 Å². The number of carbonyl (C=O) groups is 3. The number of sulfonamides is 2. The van der Waals surface area contributed by atoms with E-state index in [2.05, 4.69) is 10.6 Å². The van der Waals surface area contributed by atoms with Gasteiger partial charge in [-0.05, 0) is 88.0 Å². The normalized spacial score (nSPS) is 19.1. The maximum atomic E-state index is 13.8. The minimum atomic E-state index is -4.27. The highest BCUT2D eigenvalue weighted by Crippen LogP contribution is 2.29. The van der Waals surface area contributed by atoms with Crippen molar-refractivity contribution in [2.24, 2.45) is 0 Å². The number of nitrogens with zero attached hydrogens (tertiary/aromatic N) is 2. The molecule has 2 amide bonds. The minimum Gasteiger partial charge on any atom is -0.467 e. The zero-order chi connectivity index (χ0) is 34.6. The summed E-state index contributed by atoms with van der Waals surface area (Å²) >= 11 is 0. The van der Waals surface area contributed by atoms with E-state index >= 15 is 0 Å². The van der Waals surface area contributed by atoms with Gasteiger partial charge in [0.25, 0.3) is 15.9 Å². The molecule has 2 aliphatic rings. The molecule has 0 aromatic heterocycles. The van der Waals surface area contributed by atoms with Crippen LogP contribution in [0.5, 0.6) is 0 Å². The van der Waals surface area contributed by atoms with E-state index in [1.54, 1.807) is 36.4 Å². The number of esters is 1. The number of benzene rings is 3. The first-order valence-corrected chi connectivity index (χ1v) is 18.7. The van der Waals surface area contributed by atoms with E-state index in [9.17, 15) is 31.2 Å². The van der Waals surface area contributed by atoms with Crippen LogP contribution in [0.2, 0.25) is 0 Å². The van der Waals surface area contributed by atoms with Crippen molar-refractivity contribution in [1.82, 2.24) is 14.9 Å². The first kappa shape index (κ1) is 35.2. The van der Waals surface area contributed by atoms with Gasteiger partial charge in [0.1, 0.15) is 12.1 Å². The average Bonchev–Trinajstić information content (AvgIpc) is 3.79. The number of hydrogen-bond donors (Lipinski definition) is 2. The van der Waals surface area contributed by atoms with Crippen LogP contribution in [0, 0.1) is 13.8 Å². The van der Waals surface area contributed by atoms with Crippen molar-refractivity contribution in [2.45, 2.75) is 73.9 Å². The Morgan fingerprint density at radius 1 is 0.875 bits per heavy atom. The van der Waals surface area contributed by atoms with Crippen LogP contribution in [-0.4, -0.2) is 77.2 Å². The van der Waals surface area contributed by atoms with E-state index in [-0.39, 0.29) is 34.9 Å². The maximum Gasteiger partial charge on any atom is 0.328 e. The van der Waals surface area contributed by atoms with Gasteiger partial charge >= 0.3 is 5.97 Å². The molecule has 5 rings (SSSR count). The molecule has 2 aliphatic heterocycles. The Balaban J connectivity index is 1.36. The first-order chi connectivity index (χ1) is 22.8. The molecule has 0 aliphatic carbocycles. The number of amides is 2. The molecule has 14 heteroatoms. The Morgan fingerprint density at radius 2 is 1.48 bits per heavy atom. The van der Waals surface area contributed by atoms with Crippen LogP contribution >= 0.6 is 0 Å². The SMILES string of the molecule is COC(=O)[C@H](Cc1ccc(N(C(=O)[C@@H]2CCCN2)S(=O)(=O)c2ccc(C)cc2)cc1)NC(=O)[C@@H]1CCCN1S(=O)(=O)c1ccc(C)cc1. The second-order valence-corrected chi connectivity index (χ2v) is 15.8. The lowest BCUT2D eigenvalue weighted by Gasteiger charge is -2.26. The Bertz CT molecular complexity index is 1860. The molecule has 3 atom stereocenters. The molecule has 48 heavy (non-hydrogen) atoms. The summed E-state index contributed by atoms with van der Waals surface area (Å²) < 4.78 is 61.3. The summed E-state index contributed by atoms with van der Waals surface area (Å²) in [6.45, 7) is 4.45. The molecule has 12 nitrogen and oxygen atoms in total.